The molecule has 5 heterocycles. The molecule has 0 radical (unpaired) electrons. The summed E-state index contributed by atoms with van der Waals surface area (Å²) in [7, 11) is 4.06. The van der Waals surface area contributed by atoms with Gasteiger partial charge in [-0.05, 0) is 107 Å². The van der Waals surface area contributed by atoms with E-state index in [1.807, 2.05) is 57.6 Å². The number of carbonyl (C=O) groups is 1. The Bertz CT molecular complexity index is 2110. The van der Waals surface area contributed by atoms with Gasteiger partial charge in [0, 0.05) is 71.4 Å². The Hall–Kier alpha value is -4.76. The van der Waals surface area contributed by atoms with Crippen molar-refractivity contribution in [1.82, 2.24) is 14.5 Å². The van der Waals surface area contributed by atoms with Gasteiger partial charge >= 0.3 is 5.97 Å². The molecule has 7 rings (SSSR count). The largest absolute Gasteiger partial charge is 0.490 e. The van der Waals surface area contributed by atoms with Crippen LogP contribution in [0.1, 0.15) is 61.2 Å². The number of benzene rings is 2. The molecule has 0 spiro atoms. The van der Waals surface area contributed by atoms with E-state index in [0.29, 0.717) is 41.1 Å². The van der Waals surface area contributed by atoms with Gasteiger partial charge in [-0.25, -0.2) is 14.2 Å². The molecule has 2 aromatic carbocycles. The molecule has 3 aromatic heterocycles. The van der Waals surface area contributed by atoms with Gasteiger partial charge in [-0.15, -0.1) is 0 Å². The topological polar surface area (TPSA) is 89.7 Å². The number of aromatic nitrogens is 3. The molecule has 0 saturated carbocycles. The number of pyridine rings is 2. The van der Waals surface area contributed by atoms with Crippen molar-refractivity contribution in [3.8, 4) is 39.4 Å². The monoisotopic (exact) mass is 648 g/mol. The fraction of sp³-hybridized carbons (Fsp3) is 0.359. The number of nitrogens with zero attached hydrogens (tertiary/aromatic N) is 4. The lowest BCUT2D eigenvalue weighted by Crippen LogP contribution is -2.28. The van der Waals surface area contributed by atoms with Crippen LogP contribution in [0, 0.1) is 19.7 Å². The number of aryl methyl sites for hydroxylation is 2. The second-order valence-corrected chi connectivity index (χ2v) is 14.0. The lowest BCUT2D eigenvalue weighted by Gasteiger charge is -2.29. The molecule has 5 aromatic rings. The van der Waals surface area contributed by atoms with Crippen LogP contribution in [0.5, 0.6) is 5.75 Å². The van der Waals surface area contributed by atoms with Crippen LogP contribution in [0.4, 0.5) is 10.1 Å². The summed E-state index contributed by atoms with van der Waals surface area (Å²) in [5.74, 6) is -1.31. The van der Waals surface area contributed by atoms with Crippen molar-refractivity contribution in [2.75, 3.05) is 25.1 Å². The lowest BCUT2D eigenvalue weighted by atomic mass is 9.86. The van der Waals surface area contributed by atoms with Gasteiger partial charge in [-0.2, -0.15) is 0 Å². The van der Waals surface area contributed by atoms with Crippen molar-refractivity contribution >= 4 is 22.7 Å². The average Bonchev–Trinajstić information content (AvgIpc) is 3.59. The van der Waals surface area contributed by atoms with Crippen molar-refractivity contribution in [2.45, 2.75) is 65.6 Å². The fourth-order valence-corrected chi connectivity index (χ4v) is 7.32. The maximum atomic E-state index is 15.8. The van der Waals surface area contributed by atoms with Crippen LogP contribution in [0.25, 0.3) is 44.7 Å². The zero-order valence-electron chi connectivity index (χ0n) is 28.6. The molecule has 1 N–H and O–H groups in total. The first-order valence-electron chi connectivity index (χ1n) is 16.5. The molecular weight excluding hydrogens is 607 g/mol. The van der Waals surface area contributed by atoms with Crippen molar-refractivity contribution in [3.05, 3.63) is 82.4 Å². The Balaban J connectivity index is 1.47. The van der Waals surface area contributed by atoms with E-state index in [0.717, 1.165) is 58.4 Å². The molecule has 8 nitrogen and oxygen atoms in total. The number of aliphatic carboxylic acids is 1. The van der Waals surface area contributed by atoms with Crippen LogP contribution in [0.3, 0.4) is 0 Å². The zero-order chi connectivity index (χ0) is 34.1. The van der Waals surface area contributed by atoms with Crippen LogP contribution in [0.2, 0.25) is 0 Å². The van der Waals surface area contributed by atoms with Gasteiger partial charge in [0.1, 0.15) is 5.65 Å². The summed E-state index contributed by atoms with van der Waals surface area (Å²) in [6.45, 7) is 10.7. The number of anilines is 1. The Labute approximate surface area is 280 Å². The zero-order valence-corrected chi connectivity index (χ0v) is 28.6. The first kappa shape index (κ1) is 31.8. The third-order valence-corrected chi connectivity index (χ3v) is 9.63. The van der Waals surface area contributed by atoms with Crippen molar-refractivity contribution < 1.29 is 23.8 Å². The van der Waals surface area contributed by atoms with Crippen LogP contribution in [-0.4, -0.2) is 51.4 Å². The number of carboxylic acid groups (broad SMARTS) is 1. The summed E-state index contributed by atoms with van der Waals surface area (Å²) in [6.07, 6.45) is 2.94. The maximum Gasteiger partial charge on any atom is 0.337 e. The predicted molar refractivity (Wildman–Crippen MR) is 186 cm³/mol. The highest BCUT2D eigenvalue weighted by atomic mass is 19.1. The molecule has 0 amide bonds. The number of rotatable bonds is 6. The molecule has 48 heavy (non-hydrogen) atoms. The molecule has 0 saturated heterocycles. The number of fused-ring (bicyclic) bond motifs is 3. The Kier molecular flexibility index (Phi) is 7.78. The summed E-state index contributed by atoms with van der Waals surface area (Å²) < 4.78 is 29.8. The van der Waals surface area contributed by atoms with E-state index in [9.17, 15) is 9.90 Å². The SMILES string of the molecule is Cc1nc2c(cc(-c3ccnc(-c4ccc5c(c4)CCN5C)c3)n2C)c(-c2cc(F)c3c(c2C)CCCO3)c1[C@H](OC(C)(C)C)C(=O)O. The number of hydrogen-bond donors (Lipinski definition) is 1. The first-order chi connectivity index (χ1) is 22.8. The minimum absolute atomic E-state index is 0.281. The number of likely N-dealkylation sites (N-methyl/N-ethyl adjacent to an activating group) is 1. The van der Waals surface area contributed by atoms with Gasteiger partial charge in [0.15, 0.2) is 17.7 Å². The van der Waals surface area contributed by atoms with Crippen LogP contribution in [0.15, 0.2) is 48.7 Å². The quantitative estimate of drug-likeness (QED) is 0.200. The standard InChI is InChI=1S/C39H41FN4O4/c1-21-26-9-8-16-47-35(26)29(40)19-27(21)34-28-20-32(44(7)37(28)42-22(2)33(34)36(38(45)46)48-39(3,4)5)24-12-14-41-30(18-24)23-10-11-31-25(17-23)13-15-43(31)6/h10-12,14,17-20,36H,8-9,13,15-16H2,1-7H3,(H,45,46)/t36-/m0/s1. The molecule has 0 unspecified atom stereocenters. The number of carboxylic acids is 1. The van der Waals surface area contributed by atoms with Gasteiger partial charge in [0.25, 0.3) is 0 Å². The van der Waals surface area contributed by atoms with Crippen LogP contribution in [-0.2, 0) is 29.4 Å². The van der Waals surface area contributed by atoms with Gasteiger partial charge in [-0.3, -0.25) is 4.98 Å². The summed E-state index contributed by atoms with van der Waals surface area (Å²) in [5.41, 5.74) is 9.99. The first-order valence-corrected chi connectivity index (χ1v) is 16.5. The molecular formula is C39H41FN4O4. The van der Waals surface area contributed by atoms with E-state index < -0.39 is 23.5 Å². The maximum absolute atomic E-state index is 15.8. The summed E-state index contributed by atoms with van der Waals surface area (Å²) >= 11 is 0. The Morgan fingerprint density at radius 3 is 2.60 bits per heavy atom. The predicted octanol–water partition coefficient (Wildman–Crippen LogP) is 7.98. The van der Waals surface area contributed by atoms with E-state index >= 15 is 4.39 Å². The van der Waals surface area contributed by atoms with E-state index in [-0.39, 0.29) is 5.75 Å². The van der Waals surface area contributed by atoms with Gasteiger partial charge in [-0.1, -0.05) is 6.07 Å². The minimum Gasteiger partial charge on any atom is -0.490 e. The van der Waals surface area contributed by atoms with Gasteiger partial charge < -0.3 is 24.0 Å². The van der Waals surface area contributed by atoms with Gasteiger partial charge in [0.05, 0.1) is 23.6 Å². The smallest absolute Gasteiger partial charge is 0.337 e. The molecule has 0 bridgehead atoms. The van der Waals surface area contributed by atoms with E-state index in [2.05, 4.69) is 36.2 Å². The van der Waals surface area contributed by atoms with E-state index in [1.54, 1.807) is 6.92 Å². The third kappa shape index (κ3) is 5.40. The van der Waals surface area contributed by atoms with E-state index in [1.165, 1.54) is 17.3 Å². The fourth-order valence-electron chi connectivity index (χ4n) is 7.32. The highest BCUT2D eigenvalue weighted by Gasteiger charge is 2.34. The minimum atomic E-state index is -1.33. The average molecular weight is 649 g/mol. The molecule has 9 heteroatoms. The molecule has 2 aliphatic rings. The third-order valence-electron chi connectivity index (χ3n) is 9.63. The second-order valence-electron chi connectivity index (χ2n) is 14.0. The molecule has 2 aliphatic heterocycles. The summed E-state index contributed by atoms with van der Waals surface area (Å²) in [5, 5.41) is 11.3. The van der Waals surface area contributed by atoms with Crippen LogP contribution < -0.4 is 9.64 Å². The van der Waals surface area contributed by atoms with Crippen LogP contribution >= 0.6 is 0 Å². The Morgan fingerprint density at radius 2 is 1.85 bits per heavy atom. The summed E-state index contributed by atoms with van der Waals surface area (Å²) in [6, 6.07) is 14.0. The number of halogens is 1. The molecule has 0 fully saturated rings. The molecule has 0 aliphatic carbocycles. The number of hydrogen-bond acceptors (Lipinski definition) is 6. The number of ether oxygens (including phenoxy) is 2. The lowest BCUT2D eigenvalue weighted by molar-refractivity contribution is -0.160. The highest BCUT2D eigenvalue weighted by molar-refractivity contribution is 6.01. The van der Waals surface area contributed by atoms with Crippen molar-refractivity contribution in [2.24, 2.45) is 7.05 Å². The normalized spacial score (nSPS) is 15.0. The van der Waals surface area contributed by atoms with Crippen molar-refractivity contribution in [3.63, 3.8) is 0 Å². The summed E-state index contributed by atoms with van der Waals surface area (Å²) in [4.78, 5) is 24.9. The highest BCUT2D eigenvalue weighted by Crippen LogP contribution is 2.46. The molecule has 248 valence electrons. The Morgan fingerprint density at radius 1 is 1.06 bits per heavy atom. The molecule has 1 atom stereocenters. The second kappa shape index (κ2) is 11.7. The van der Waals surface area contributed by atoms with Gasteiger partial charge in [0.2, 0.25) is 0 Å². The van der Waals surface area contributed by atoms with Crippen molar-refractivity contribution in [1.29, 1.82) is 0 Å². The van der Waals surface area contributed by atoms with E-state index in [4.69, 9.17) is 19.4 Å².